The summed E-state index contributed by atoms with van der Waals surface area (Å²) >= 11 is 1.31. The number of carbonyl (C=O) groups is 2. The van der Waals surface area contributed by atoms with Gasteiger partial charge in [-0.05, 0) is 43.3 Å². The lowest BCUT2D eigenvalue weighted by molar-refractivity contribution is -0.119. The Bertz CT molecular complexity index is 1190. The monoisotopic (exact) mass is 416 g/mol. The first-order chi connectivity index (χ1) is 14.6. The SMILES string of the molecule is Cc1ccc(C(=O)NNC(=O)CSc2nc3ccccc3n2-c2ccccc2)cc1. The third-order valence-electron chi connectivity index (χ3n) is 4.51. The van der Waals surface area contributed by atoms with Crippen LogP contribution in [-0.4, -0.2) is 27.1 Å². The number of hydrazine groups is 1. The first-order valence-corrected chi connectivity index (χ1v) is 10.4. The van der Waals surface area contributed by atoms with Crippen molar-refractivity contribution in [3.05, 3.63) is 90.0 Å². The average Bonchev–Trinajstić information content (AvgIpc) is 3.15. The summed E-state index contributed by atoms with van der Waals surface area (Å²) in [5, 5.41) is 0.711. The lowest BCUT2D eigenvalue weighted by Crippen LogP contribution is -2.42. The number of aryl methyl sites for hydroxylation is 1. The van der Waals surface area contributed by atoms with Crippen LogP contribution in [0.2, 0.25) is 0 Å². The van der Waals surface area contributed by atoms with E-state index in [0.717, 1.165) is 22.3 Å². The van der Waals surface area contributed by atoms with Gasteiger partial charge in [0.05, 0.1) is 16.8 Å². The zero-order chi connectivity index (χ0) is 20.9. The Morgan fingerprint density at radius 1 is 0.900 bits per heavy atom. The summed E-state index contributed by atoms with van der Waals surface area (Å²) in [4.78, 5) is 29.1. The standard InChI is InChI=1S/C23H20N4O2S/c1-16-11-13-17(14-12-16)22(29)26-25-21(28)15-30-23-24-19-9-5-6-10-20(19)27(23)18-7-3-2-4-8-18/h2-14H,15H2,1H3,(H,25,28)(H,26,29). The summed E-state index contributed by atoms with van der Waals surface area (Å²) in [5.41, 5.74) is 9.26. The molecule has 3 aromatic carbocycles. The smallest absolute Gasteiger partial charge is 0.269 e. The van der Waals surface area contributed by atoms with E-state index in [1.807, 2.05) is 78.2 Å². The Hall–Kier alpha value is -3.58. The van der Waals surface area contributed by atoms with Gasteiger partial charge in [0.15, 0.2) is 5.16 Å². The normalized spacial score (nSPS) is 10.7. The van der Waals surface area contributed by atoms with Crippen molar-refractivity contribution in [2.75, 3.05) is 5.75 Å². The number of para-hydroxylation sites is 3. The summed E-state index contributed by atoms with van der Waals surface area (Å²) in [7, 11) is 0. The number of nitrogens with one attached hydrogen (secondary N) is 2. The van der Waals surface area contributed by atoms with Crippen LogP contribution in [0.4, 0.5) is 0 Å². The number of rotatable bonds is 5. The Balaban J connectivity index is 1.44. The number of amides is 2. The fraction of sp³-hybridized carbons (Fsp3) is 0.0870. The molecule has 0 aliphatic rings. The van der Waals surface area contributed by atoms with Crippen molar-refractivity contribution < 1.29 is 9.59 Å². The van der Waals surface area contributed by atoms with Crippen LogP contribution in [0.25, 0.3) is 16.7 Å². The van der Waals surface area contributed by atoms with Crippen LogP contribution in [-0.2, 0) is 4.79 Å². The second-order valence-corrected chi connectivity index (χ2v) is 7.65. The van der Waals surface area contributed by atoms with Crippen LogP contribution >= 0.6 is 11.8 Å². The van der Waals surface area contributed by atoms with E-state index in [1.165, 1.54) is 11.8 Å². The highest BCUT2D eigenvalue weighted by atomic mass is 32.2. The first-order valence-electron chi connectivity index (χ1n) is 9.43. The Morgan fingerprint density at radius 2 is 1.60 bits per heavy atom. The zero-order valence-electron chi connectivity index (χ0n) is 16.3. The molecule has 0 spiro atoms. The van der Waals surface area contributed by atoms with Crippen molar-refractivity contribution in [1.82, 2.24) is 20.4 Å². The van der Waals surface area contributed by atoms with Crippen LogP contribution in [0, 0.1) is 6.92 Å². The molecule has 7 heteroatoms. The highest BCUT2D eigenvalue weighted by Gasteiger charge is 2.14. The van der Waals surface area contributed by atoms with E-state index >= 15 is 0 Å². The summed E-state index contributed by atoms with van der Waals surface area (Å²) in [5.74, 6) is -0.554. The number of imidazole rings is 1. The fourth-order valence-electron chi connectivity index (χ4n) is 3.00. The van der Waals surface area contributed by atoms with E-state index in [1.54, 1.807) is 12.1 Å². The maximum atomic E-state index is 12.3. The second-order valence-electron chi connectivity index (χ2n) is 6.71. The molecule has 1 aromatic heterocycles. The van der Waals surface area contributed by atoms with Gasteiger partial charge in [-0.1, -0.05) is 59.8 Å². The van der Waals surface area contributed by atoms with Crippen molar-refractivity contribution in [3.8, 4) is 5.69 Å². The second kappa shape index (κ2) is 8.84. The predicted octanol–water partition coefficient (Wildman–Crippen LogP) is 3.89. The molecule has 0 aliphatic carbocycles. The van der Waals surface area contributed by atoms with Crippen LogP contribution < -0.4 is 10.9 Å². The van der Waals surface area contributed by atoms with Gasteiger partial charge in [0.25, 0.3) is 5.91 Å². The zero-order valence-corrected chi connectivity index (χ0v) is 17.1. The number of thioether (sulfide) groups is 1. The highest BCUT2D eigenvalue weighted by Crippen LogP contribution is 2.27. The number of nitrogens with zero attached hydrogens (tertiary/aromatic N) is 2. The summed E-state index contributed by atoms with van der Waals surface area (Å²) in [6, 6.07) is 24.9. The Labute approximate surface area is 178 Å². The van der Waals surface area contributed by atoms with E-state index in [0.29, 0.717) is 10.7 Å². The minimum atomic E-state index is -0.357. The average molecular weight is 417 g/mol. The van der Waals surface area contributed by atoms with E-state index in [2.05, 4.69) is 15.8 Å². The van der Waals surface area contributed by atoms with Crippen molar-refractivity contribution in [2.24, 2.45) is 0 Å². The van der Waals surface area contributed by atoms with Crippen molar-refractivity contribution in [3.63, 3.8) is 0 Å². The molecule has 2 amide bonds. The molecule has 0 radical (unpaired) electrons. The van der Waals surface area contributed by atoms with Gasteiger partial charge in [-0.2, -0.15) is 0 Å². The Morgan fingerprint density at radius 3 is 2.37 bits per heavy atom. The number of fused-ring (bicyclic) bond motifs is 1. The topological polar surface area (TPSA) is 76.0 Å². The molecule has 4 rings (SSSR count). The number of aromatic nitrogens is 2. The molecule has 0 bridgehead atoms. The van der Waals surface area contributed by atoms with Crippen LogP contribution in [0.1, 0.15) is 15.9 Å². The molecule has 0 aliphatic heterocycles. The first kappa shape index (κ1) is 19.7. The highest BCUT2D eigenvalue weighted by molar-refractivity contribution is 7.99. The molecule has 0 saturated heterocycles. The molecule has 1 heterocycles. The minimum Gasteiger partial charge on any atom is -0.287 e. The molecular weight excluding hydrogens is 396 g/mol. The molecular formula is C23H20N4O2S. The van der Waals surface area contributed by atoms with E-state index < -0.39 is 0 Å². The van der Waals surface area contributed by atoms with Crippen LogP contribution in [0.15, 0.2) is 84.0 Å². The van der Waals surface area contributed by atoms with Gasteiger partial charge in [-0.25, -0.2) is 4.98 Å². The number of hydrogen-bond donors (Lipinski definition) is 2. The number of benzene rings is 3. The van der Waals surface area contributed by atoms with E-state index in [-0.39, 0.29) is 17.6 Å². The van der Waals surface area contributed by atoms with E-state index in [9.17, 15) is 9.59 Å². The van der Waals surface area contributed by atoms with Gasteiger partial charge in [0, 0.05) is 11.3 Å². The van der Waals surface area contributed by atoms with Gasteiger partial charge in [0.1, 0.15) is 0 Å². The maximum Gasteiger partial charge on any atom is 0.269 e. The van der Waals surface area contributed by atoms with Crippen molar-refractivity contribution >= 4 is 34.6 Å². The summed E-state index contributed by atoms with van der Waals surface area (Å²) in [6.07, 6.45) is 0. The van der Waals surface area contributed by atoms with Gasteiger partial charge in [-0.3, -0.25) is 25.0 Å². The van der Waals surface area contributed by atoms with Crippen LogP contribution in [0.5, 0.6) is 0 Å². The molecule has 6 nitrogen and oxygen atoms in total. The third-order valence-corrected chi connectivity index (χ3v) is 5.44. The molecule has 0 saturated carbocycles. The van der Waals surface area contributed by atoms with E-state index in [4.69, 9.17) is 0 Å². The van der Waals surface area contributed by atoms with Gasteiger partial charge >= 0.3 is 0 Å². The minimum absolute atomic E-state index is 0.115. The molecule has 0 fully saturated rings. The molecule has 150 valence electrons. The van der Waals surface area contributed by atoms with Gasteiger partial charge < -0.3 is 0 Å². The van der Waals surface area contributed by atoms with Gasteiger partial charge in [-0.15, -0.1) is 0 Å². The quantitative estimate of drug-likeness (QED) is 0.382. The fourth-order valence-corrected chi connectivity index (χ4v) is 3.83. The molecule has 4 aromatic rings. The molecule has 0 atom stereocenters. The third kappa shape index (κ3) is 4.36. The molecule has 0 unspecified atom stereocenters. The Kier molecular flexibility index (Phi) is 5.81. The van der Waals surface area contributed by atoms with Gasteiger partial charge in [0.2, 0.25) is 5.91 Å². The lowest BCUT2D eigenvalue weighted by Gasteiger charge is -2.10. The summed E-state index contributed by atoms with van der Waals surface area (Å²) < 4.78 is 2.03. The number of carbonyl (C=O) groups excluding carboxylic acids is 2. The predicted molar refractivity (Wildman–Crippen MR) is 119 cm³/mol. The van der Waals surface area contributed by atoms with Crippen molar-refractivity contribution in [2.45, 2.75) is 12.1 Å². The number of hydrogen-bond acceptors (Lipinski definition) is 4. The summed E-state index contributed by atoms with van der Waals surface area (Å²) in [6.45, 7) is 1.95. The largest absolute Gasteiger partial charge is 0.287 e. The van der Waals surface area contributed by atoms with Crippen molar-refractivity contribution in [1.29, 1.82) is 0 Å². The molecule has 2 N–H and O–H groups in total. The lowest BCUT2D eigenvalue weighted by atomic mass is 10.1. The van der Waals surface area contributed by atoms with Crippen LogP contribution in [0.3, 0.4) is 0 Å². The maximum absolute atomic E-state index is 12.3. The molecule has 30 heavy (non-hydrogen) atoms.